The lowest BCUT2D eigenvalue weighted by Gasteiger charge is -1.78. The second-order valence-electron chi connectivity index (χ2n) is 1.07. The molecule has 0 aliphatic heterocycles. The van der Waals surface area contributed by atoms with Crippen LogP contribution in [0.15, 0.2) is 37.2 Å². The fraction of sp³-hybridized carbons (Fsp3) is 0. The number of hydrogen-bond acceptors (Lipinski definition) is 0. The molecule has 0 aromatic rings. The molecule has 0 saturated carbocycles. The molecule has 0 aliphatic carbocycles. The number of halogens is 1. The lowest BCUT2D eigenvalue weighted by atomic mass is 10.3. The van der Waals surface area contributed by atoms with Gasteiger partial charge in [-0.2, -0.15) is 0 Å². The molecule has 0 spiro atoms. The summed E-state index contributed by atoms with van der Waals surface area (Å²) in [5.41, 5.74) is 0.586. The van der Waals surface area contributed by atoms with Crippen molar-refractivity contribution in [3.8, 4) is 0 Å². The maximum Gasteiger partial charge on any atom is 0.0872 e. The average Bonchev–Trinajstić information content (AvgIpc) is 1.68. The highest BCUT2D eigenvalue weighted by Gasteiger charge is 1.71. The normalized spacial score (nSPS) is 9.29. The number of hydrogen-bond donors (Lipinski definition) is 0. The van der Waals surface area contributed by atoms with Gasteiger partial charge in [-0.3, -0.25) is 0 Å². The van der Waals surface area contributed by atoms with Crippen LogP contribution in [-0.2, 0) is 0 Å². The average molecular weight is 98.1 g/mol. The van der Waals surface area contributed by atoms with Crippen molar-refractivity contribution in [2.75, 3.05) is 0 Å². The minimum atomic E-state index is 0.435. The maximum atomic E-state index is 11.1. The van der Waals surface area contributed by atoms with E-state index in [1.165, 1.54) is 12.2 Å². The van der Waals surface area contributed by atoms with E-state index in [2.05, 4.69) is 13.2 Å². The van der Waals surface area contributed by atoms with E-state index in [1.807, 2.05) is 0 Å². The summed E-state index contributed by atoms with van der Waals surface area (Å²) in [6.07, 6.45) is 3.16. The standard InChI is InChI=1S/C6H7F/c1-3-6(2)4-5-7/h3-5H,1-2H2/b5-4+. The highest BCUT2D eigenvalue weighted by atomic mass is 19.1. The van der Waals surface area contributed by atoms with Gasteiger partial charge in [0.05, 0.1) is 6.33 Å². The van der Waals surface area contributed by atoms with E-state index in [-0.39, 0.29) is 0 Å². The highest BCUT2D eigenvalue weighted by Crippen LogP contribution is 1.91. The quantitative estimate of drug-likeness (QED) is 0.464. The Morgan fingerprint density at radius 2 is 2.14 bits per heavy atom. The third-order valence-electron chi connectivity index (χ3n) is 0.539. The first-order valence-corrected chi connectivity index (χ1v) is 1.89. The molecular weight excluding hydrogens is 91.1 g/mol. The molecule has 0 atom stereocenters. The van der Waals surface area contributed by atoms with Crippen LogP contribution in [0.1, 0.15) is 0 Å². The molecule has 0 aromatic carbocycles. The van der Waals surface area contributed by atoms with Crippen LogP contribution in [0.2, 0.25) is 0 Å². The minimum Gasteiger partial charge on any atom is -0.216 e. The summed E-state index contributed by atoms with van der Waals surface area (Å²) >= 11 is 0. The van der Waals surface area contributed by atoms with E-state index in [1.54, 1.807) is 0 Å². The molecular formula is C6H7F. The van der Waals surface area contributed by atoms with Gasteiger partial charge in [0.2, 0.25) is 0 Å². The third kappa shape index (κ3) is 2.97. The van der Waals surface area contributed by atoms with Gasteiger partial charge in [-0.05, 0) is 11.6 Å². The Morgan fingerprint density at radius 3 is 2.29 bits per heavy atom. The molecule has 0 aliphatic rings. The summed E-state index contributed by atoms with van der Waals surface area (Å²) in [5, 5.41) is 0. The fourth-order valence-corrected chi connectivity index (χ4v) is 0.149. The Labute approximate surface area is 42.7 Å². The molecule has 0 N–H and O–H groups in total. The van der Waals surface area contributed by atoms with Crippen LogP contribution in [0.3, 0.4) is 0 Å². The molecule has 0 nitrogen and oxygen atoms in total. The summed E-state index contributed by atoms with van der Waals surface area (Å²) < 4.78 is 11.1. The zero-order valence-electron chi connectivity index (χ0n) is 4.02. The summed E-state index contributed by atoms with van der Waals surface area (Å²) in [4.78, 5) is 0. The van der Waals surface area contributed by atoms with Gasteiger partial charge in [-0.15, -0.1) is 0 Å². The van der Waals surface area contributed by atoms with Gasteiger partial charge >= 0.3 is 0 Å². The van der Waals surface area contributed by atoms with E-state index < -0.39 is 0 Å². The maximum absolute atomic E-state index is 11.1. The van der Waals surface area contributed by atoms with Crippen molar-refractivity contribution in [3.05, 3.63) is 37.2 Å². The molecule has 0 bridgehead atoms. The molecule has 38 valence electrons. The van der Waals surface area contributed by atoms with E-state index in [0.29, 0.717) is 11.9 Å². The molecule has 7 heavy (non-hydrogen) atoms. The van der Waals surface area contributed by atoms with Gasteiger partial charge in [0.25, 0.3) is 0 Å². The van der Waals surface area contributed by atoms with Gasteiger partial charge in [0.1, 0.15) is 0 Å². The zero-order chi connectivity index (χ0) is 5.70. The SMILES string of the molecule is C=CC(=C)/C=C/F. The Kier molecular flexibility index (Phi) is 2.94. The van der Waals surface area contributed by atoms with Crippen LogP contribution >= 0.6 is 0 Å². The van der Waals surface area contributed by atoms with Crippen LogP contribution in [0.25, 0.3) is 0 Å². The molecule has 0 unspecified atom stereocenters. The van der Waals surface area contributed by atoms with Crippen molar-refractivity contribution >= 4 is 0 Å². The Morgan fingerprint density at radius 1 is 1.57 bits per heavy atom. The lowest BCUT2D eigenvalue weighted by Crippen LogP contribution is -1.58. The van der Waals surface area contributed by atoms with Crippen LogP contribution < -0.4 is 0 Å². The fourth-order valence-electron chi connectivity index (χ4n) is 0.149. The second-order valence-corrected chi connectivity index (χ2v) is 1.07. The number of rotatable bonds is 2. The van der Waals surface area contributed by atoms with Crippen LogP contribution in [-0.4, -0.2) is 0 Å². The highest BCUT2D eigenvalue weighted by molar-refractivity contribution is 5.23. The van der Waals surface area contributed by atoms with Crippen molar-refractivity contribution in [2.45, 2.75) is 0 Å². The van der Waals surface area contributed by atoms with Crippen LogP contribution in [0, 0.1) is 0 Å². The smallest absolute Gasteiger partial charge is 0.0872 e. The minimum absolute atomic E-state index is 0.435. The first-order valence-electron chi connectivity index (χ1n) is 1.89. The topological polar surface area (TPSA) is 0 Å². The summed E-state index contributed by atoms with van der Waals surface area (Å²) in [7, 11) is 0. The van der Waals surface area contributed by atoms with Gasteiger partial charge < -0.3 is 0 Å². The van der Waals surface area contributed by atoms with Gasteiger partial charge in [0, 0.05) is 0 Å². The van der Waals surface area contributed by atoms with E-state index >= 15 is 0 Å². The van der Waals surface area contributed by atoms with Crippen molar-refractivity contribution < 1.29 is 4.39 Å². The molecule has 0 amide bonds. The monoisotopic (exact) mass is 98.1 g/mol. The van der Waals surface area contributed by atoms with Crippen LogP contribution in [0.4, 0.5) is 4.39 Å². The van der Waals surface area contributed by atoms with Crippen molar-refractivity contribution in [2.24, 2.45) is 0 Å². The van der Waals surface area contributed by atoms with Crippen LogP contribution in [0.5, 0.6) is 0 Å². The van der Waals surface area contributed by atoms with Crippen molar-refractivity contribution in [1.82, 2.24) is 0 Å². The predicted octanol–water partition coefficient (Wildman–Crippen LogP) is 2.21. The van der Waals surface area contributed by atoms with E-state index in [4.69, 9.17) is 0 Å². The summed E-state index contributed by atoms with van der Waals surface area (Å²) in [5.74, 6) is 0. The largest absolute Gasteiger partial charge is 0.216 e. The summed E-state index contributed by atoms with van der Waals surface area (Å²) in [6.45, 7) is 6.78. The Balaban J connectivity index is 3.58. The van der Waals surface area contributed by atoms with Gasteiger partial charge in [-0.1, -0.05) is 19.2 Å². The summed E-state index contributed by atoms with van der Waals surface area (Å²) in [6, 6.07) is 0. The molecule has 0 aromatic heterocycles. The van der Waals surface area contributed by atoms with E-state index in [0.717, 1.165) is 0 Å². The molecule has 0 rings (SSSR count). The van der Waals surface area contributed by atoms with Gasteiger partial charge in [-0.25, -0.2) is 4.39 Å². The lowest BCUT2D eigenvalue weighted by molar-refractivity contribution is 0.720. The zero-order valence-corrected chi connectivity index (χ0v) is 4.02. The molecule has 1 heteroatoms. The Bertz CT molecular complexity index is 101. The Hall–Kier alpha value is -0.850. The molecule has 0 fully saturated rings. The predicted molar refractivity (Wildman–Crippen MR) is 29.6 cm³/mol. The third-order valence-corrected chi connectivity index (χ3v) is 0.539. The molecule has 0 saturated heterocycles. The molecule has 0 radical (unpaired) electrons. The second kappa shape index (κ2) is 3.34. The van der Waals surface area contributed by atoms with Crippen molar-refractivity contribution in [3.63, 3.8) is 0 Å². The first kappa shape index (κ1) is 6.15. The number of allylic oxidation sites excluding steroid dienone is 3. The molecule has 0 heterocycles. The van der Waals surface area contributed by atoms with Gasteiger partial charge in [0.15, 0.2) is 0 Å². The van der Waals surface area contributed by atoms with Crippen molar-refractivity contribution in [1.29, 1.82) is 0 Å². The van der Waals surface area contributed by atoms with E-state index in [9.17, 15) is 4.39 Å². The first-order chi connectivity index (χ1) is 3.31.